The van der Waals surface area contributed by atoms with Crippen molar-refractivity contribution in [2.24, 2.45) is 5.92 Å². The second-order valence-electron chi connectivity index (χ2n) is 7.55. The summed E-state index contributed by atoms with van der Waals surface area (Å²) in [6, 6.07) is 7.84. The van der Waals surface area contributed by atoms with Crippen LogP contribution < -0.4 is 15.8 Å². The number of nitrogens with one attached hydrogen (secondary N) is 1. The Bertz CT molecular complexity index is 1170. The maximum atomic E-state index is 5.99. The molecular weight excluding hydrogens is 378 g/mol. The van der Waals surface area contributed by atoms with E-state index in [0.717, 1.165) is 47.4 Å². The lowest BCUT2D eigenvalue weighted by Gasteiger charge is -2.23. The summed E-state index contributed by atoms with van der Waals surface area (Å²) in [4.78, 5) is 17.3. The number of nitrogens with two attached hydrogens (primary N) is 1. The lowest BCUT2D eigenvalue weighted by Crippen LogP contribution is -2.24. The van der Waals surface area contributed by atoms with Crippen LogP contribution in [0.15, 0.2) is 55.2 Å². The highest BCUT2D eigenvalue weighted by molar-refractivity contribution is 5.91. The number of hydrogen-bond acceptors (Lipinski definition) is 7. The maximum absolute atomic E-state index is 5.99. The van der Waals surface area contributed by atoms with E-state index < -0.39 is 0 Å². The zero-order valence-electron chi connectivity index (χ0n) is 16.5. The van der Waals surface area contributed by atoms with E-state index in [0.29, 0.717) is 30.8 Å². The Balaban J connectivity index is 1.19. The van der Waals surface area contributed by atoms with Crippen molar-refractivity contribution >= 4 is 22.4 Å². The Kier molecular flexibility index (Phi) is 4.88. The molecule has 0 aliphatic carbocycles. The molecule has 0 spiro atoms. The molecule has 4 aromatic heterocycles. The van der Waals surface area contributed by atoms with Crippen molar-refractivity contribution in [3.63, 3.8) is 0 Å². The molecule has 30 heavy (non-hydrogen) atoms. The van der Waals surface area contributed by atoms with Crippen molar-refractivity contribution in [1.82, 2.24) is 24.5 Å². The van der Waals surface area contributed by atoms with Crippen LogP contribution in [-0.2, 0) is 19.5 Å². The first-order valence-corrected chi connectivity index (χ1v) is 10.1. The number of aryl methyl sites for hydroxylation is 1. The molecule has 0 fully saturated rings. The lowest BCUT2D eigenvalue weighted by atomic mass is 9.99. The molecule has 152 valence electrons. The Labute approximate surface area is 174 Å². The summed E-state index contributed by atoms with van der Waals surface area (Å²) in [5.74, 6) is 3.52. The highest BCUT2D eigenvalue weighted by atomic mass is 16.5. The highest BCUT2D eigenvalue weighted by Crippen LogP contribution is 2.22. The summed E-state index contributed by atoms with van der Waals surface area (Å²) in [5.41, 5.74) is 6.97. The number of hydrogen-bond donors (Lipinski definition) is 2. The Morgan fingerprint density at radius 2 is 2.03 bits per heavy atom. The third-order valence-corrected chi connectivity index (χ3v) is 5.47. The van der Waals surface area contributed by atoms with Gasteiger partial charge in [0.1, 0.15) is 17.5 Å². The molecule has 1 aliphatic rings. The smallest absolute Gasteiger partial charge is 0.213 e. The fraction of sp³-hybridized carbons (Fsp3) is 0.273. The number of ether oxygens (including phenoxy) is 1. The predicted octanol–water partition coefficient (Wildman–Crippen LogP) is 3.06. The molecule has 8 nitrogen and oxygen atoms in total. The fourth-order valence-corrected chi connectivity index (χ4v) is 3.78. The van der Waals surface area contributed by atoms with Gasteiger partial charge in [-0.1, -0.05) is 0 Å². The zero-order valence-corrected chi connectivity index (χ0v) is 16.5. The van der Waals surface area contributed by atoms with E-state index in [1.165, 1.54) is 0 Å². The van der Waals surface area contributed by atoms with Crippen LogP contribution in [0.5, 0.6) is 5.88 Å². The second kappa shape index (κ2) is 7.98. The number of aromatic nitrogens is 5. The summed E-state index contributed by atoms with van der Waals surface area (Å²) in [7, 11) is 0. The first-order valence-electron chi connectivity index (χ1n) is 10.1. The van der Waals surface area contributed by atoms with Crippen LogP contribution in [0.25, 0.3) is 10.8 Å². The predicted molar refractivity (Wildman–Crippen MR) is 115 cm³/mol. The third-order valence-electron chi connectivity index (χ3n) is 5.47. The quantitative estimate of drug-likeness (QED) is 0.512. The average molecular weight is 401 g/mol. The molecule has 3 N–H and O–H groups in total. The molecule has 1 aliphatic heterocycles. The van der Waals surface area contributed by atoms with Gasteiger partial charge < -0.3 is 20.4 Å². The van der Waals surface area contributed by atoms with Gasteiger partial charge in [-0.2, -0.15) is 0 Å². The zero-order chi connectivity index (χ0) is 20.3. The highest BCUT2D eigenvalue weighted by Gasteiger charge is 2.19. The van der Waals surface area contributed by atoms with E-state index in [-0.39, 0.29) is 0 Å². The minimum Gasteiger partial charge on any atom is -0.477 e. The van der Waals surface area contributed by atoms with Gasteiger partial charge in [0.2, 0.25) is 5.88 Å². The van der Waals surface area contributed by atoms with Crippen LogP contribution in [-0.4, -0.2) is 31.1 Å². The van der Waals surface area contributed by atoms with E-state index in [2.05, 4.69) is 29.8 Å². The minimum absolute atomic E-state index is 0.465. The number of imidazole rings is 1. The standard InChI is InChI=1S/C22H23N7O/c23-22-18-13-28-19(11-17(18)2-5-26-22)27-12-15-1-4-25-21(10-15)30-14-16-3-7-29-8-6-24-20(29)9-16/h1-2,4-6,8,10-11,13,16H,3,7,9,12,14H2,(H2,23,26)(H,27,28). The van der Waals surface area contributed by atoms with Crippen LogP contribution in [0, 0.1) is 5.92 Å². The maximum Gasteiger partial charge on any atom is 0.213 e. The molecule has 0 saturated heterocycles. The van der Waals surface area contributed by atoms with Crippen molar-refractivity contribution in [3.05, 3.63) is 66.6 Å². The third kappa shape index (κ3) is 3.89. The molecule has 1 atom stereocenters. The van der Waals surface area contributed by atoms with Crippen molar-refractivity contribution in [2.75, 3.05) is 17.7 Å². The van der Waals surface area contributed by atoms with E-state index >= 15 is 0 Å². The number of rotatable bonds is 6. The molecule has 0 bridgehead atoms. The second-order valence-corrected chi connectivity index (χ2v) is 7.55. The molecule has 0 radical (unpaired) electrons. The molecule has 5 rings (SSSR count). The lowest BCUT2D eigenvalue weighted by molar-refractivity contribution is 0.212. The summed E-state index contributed by atoms with van der Waals surface area (Å²) in [6.07, 6.45) is 11.2. The SMILES string of the molecule is Nc1nccc2cc(NCc3ccnc(OCC4CCn5ccnc5C4)c3)ncc12. The first-order chi connectivity index (χ1) is 14.7. The van der Waals surface area contributed by atoms with Crippen LogP contribution in [0.4, 0.5) is 11.6 Å². The van der Waals surface area contributed by atoms with Gasteiger partial charge in [0, 0.05) is 67.9 Å². The average Bonchev–Trinajstić information content (AvgIpc) is 3.25. The monoisotopic (exact) mass is 401 g/mol. The number of pyridine rings is 3. The largest absolute Gasteiger partial charge is 0.477 e. The summed E-state index contributed by atoms with van der Waals surface area (Å²) in [6.45, 7) is 2.28. The summed E-state index contributed by atoms with van der Waals surface area (Å²) < 4.78 is 8.20. The van der Waals surface area contributed by atoms with Crippen LogP contribution in [0.3, 0.4) is 0 Å². The van der Waals surface area contributed by atoms with Crippen LogP contribution in [0.1, 0.15) is 17.8 Å². The summed E-state index contributed by atoms with van der Waals surface area (Å²) in [5, 5.41) is 5.21. The number of nitrogens with zero attached hydrogens (tertiary/aromatic N) is 5. The van der Waals surface area contributed by atoms with Gasteiger partial charge in [-0.3, -0.25) is 0 Å². The van der Waals surface area contributed by atoms with E-state index in [9.17, 15) is 0 Å². The van der Waals surface area contributed by atoms with Crippen molar-refractivity contribution < 1.29 is 4.74 Å². The molecular formula is C22H23N7O. The Hall–Kier alpha value is -3.68. The summed E-state index contributed by atoms with van der Waals surface area (Å²) >= 11 is 0. The molecule has 0 aromatic carbocycles. The van der Waals surface area contributed by atoms with Crippen molar-refractivity contribution in [3.8, 4) is 5.88 Å². The number of fused-ring (bicyclic) bond motifs is 2. The van der Waals surface area contributed by atoms with Crippen molar-refractivity contribution in [2.45, 2.75) is 25.9 Å². The fourth-order valence-electron chi connectivity index (χ4n) is 3.78. The normalized spacial score (nSPS) is 15.7. The van der Waals surface area contributed by atoms with E-state index in [1.807, 2.05) is 36.7 Å². The number of anilines is 2. The van der Waals surface area contributed by atoms with Gasteiger partial charge in [0.05, 0.1) is 6.61 Å². The Morgan fingerprint density at radius 1 is 1.10 bits per heavy atom. The van der Waals surface area contributed by atoms with Gasteiger partial charge in [-0.15, -0.1) is 0 Å². The van der Waals surface area contributed by atoms with Gasteiger partial charge in [-0.05, 0) is 35.6 Å². The molecule has 0 saturated carbocycles. The molecule has 0 amide bonds. The van der Waals surface area contributed by atoms with E-state index in [4.69, 9.17) is 10.5 Å². The van der Waals surface area contributed by atoms with Gasteiger partial charge in [0.15, 0.2) is 0 Å². The van der Waals surface area contributed by atoms with Crippen LogP contribution >= 0.6 is 0 Å². The van der Waals surface area contributed by atoms with Crippen molar-refractivity contribution in [1.29, 1.82) is 0 Å². The minimum atomic E-state index is 0.465. The van der Waals surface area contributed by atoms with Crippen LogP contribution in [0.2, 0.25) is 0 Å². The van der Waals surface area contributed by atoms with Gasteiger partial charge in [-0.25, -0.2) is 19.9 Å². The molecule has 5 heterocycles. The molecule has 4 aromatic rings. The van der Waals surface area contributed by atoms with E-state index in [1.54, 1.807) is 18.6 Å². The van der Waals surface area contributed by atoms with Gasteiger partial charge in [0.25, 0.3) is 0 Å². The first kappa shape index (κ1) is 18.4. The molecule has 8 heteroatoms. The Morgan fingerprint density at radius 3 is 3.00 bits per heavy atom. The topological polar surface area (TPSA) is 104 Å². The molecule has 1 unspecified atom stereocenters. The van der Waals surface area contributed by atoms with Gasteiger partial charge >= 0.3 is 0 Å². The number of nitrogen functional groups attached to an aromatic ring is 1.